The number of thiol groups is 1. The van der Waals surface area contributed by atoms with Crippen LogP contribution in [0.4, 0.5) is 18.0 Å². The highest BCUT2D eigenvalue weighted by molar-refractivity contribution is 7.96. The predicted molar refractivity (Wildman–Crippen MR) is 106 cm³/mol. The molecule has 1 atom stereocenters. The lowest BCUT2D eigenvalue weighted by atomic mass is 9.84. The van der Waals surface area contributed by atoms with Gasteiger partial charge in [0.15, 0.2) is 0 Å². The van der Waals surface area contributed by atoms with Crippen LogP contribution in [-0.2, 0) is 6.18 Å². The molecule has 0 saturated carbocycles. The van der Waals surface area contributed by atoms with Gasteiger partial charge in [-0.15, -0.1) is 0 Å². The summed E-state index contributed by atoms with van der Waals surface area (Å²) >= 11 is 3.79. The van der Waals surface area contributed by atoms with E-state index in [1.165, 1.54) is 0 Å². The zero-order valence-corrected chi connectivity index (χ0v) is 17.0. The fraction of sp³-hybridized carbons (Fsp3) is 0.650. The maximum absolute atomic E-state index is 12.7. The first-order valence-electron chi connectivity index (χ1n) is 9.86. The summed E-state index contributed by atoms with van der Waals surface area (Å²) in [5.74, 6) is 0.193. The minimum absolute atomic E-state index is 0.193. The number of carbonyl (C=O) groups excluding carboxylic acids is 1. The molecule has 5 nitrogen and oxygen atoms in total. The highest BCUT2D eigenvalue weighted by Crippen LogP contribution is 2.33. The van der Waals surface area contributed by atoms with E-state index in [4.69, 9.17) is 0 Å². The summed E-state index contributed by atoms with van der Waals surface area (Å²) in [5.41, 5.74) is -0.953. The molecule has 0 aromatic heterocycles. The van der Waals surface area contributed by atoms with Crippen molar-refractivity contribution in [2.24, 2.45) is 0 Å². The molecule has 162 valence electrons. The SMILES string of the molecule is O=C(S)N1CCC(O)(C(O)CN2CCC(c3ccc(C(F)(F)F)cc3)CC2)CC1. The Labute approximate surface area is 173 Å². The van der Waals surface area contributed by atoms with Crippen molar-refractivity contribution < 1.29 is 28.2 Å². The number of carbonyl (C=O) groups is 1. The highest BCUT2D eigenvalue weighted by Gasteiger charge is 2.40. The fourth-order valence-electron chi connectivity index (χ4n) is 4.23. The number of benzene rings is 1. The monoisotopic (exact) mass is 432 g/mol. The molecule has 2 saturated heterocycles. The second kappa shape index (κ2) is 8.83. The van der Waals surface area contributed by atoms with Crippen LogP contribution in [0.2, 0.25) is 0 Å². The molecule has 0 radical (unpaired) electrons. The number of alkyl halides is 3. The van der Waals surface area contributed by atoms with Gasteiger partial charge in [0.05, 0.1) is 17.3 Å². The average molecular weight is 433 g/mol. The second-order valence-corrected chi connectivity index (χ2v) is 8.47. The van der Waals surface area contributed by atoms with Crippen molar-refractivity contribution in [3.8, 4) is 0 Å². The normalized spacial score (nSPS) is 22.5. The van der Waals surface area contributed by atoms with Gasteiger partial charge in [-0.1, -0.05) is 24.8 Å². The molecule has 0 bridgehead atoms. The van der Waals surface area contributed by atoms with Crippen molar-refractivity contribution in [2.75, 3.05) is 32.7 Å². The van der Waals surface area contributed by atoms with Gasteiger partial charge in [-0.2, -0.15) is 13.2 Å². The van der Waals surface area contributed by atoms with E-state index in [0.717, 1.165) is 30.5 Å². The van der Waals surface area contributed by atoms with Crippen molar-refractivity contribution in [2.45, 2.75) is 49.5 Å². The molecular weight excluding hydrogens is 405 g/mol. The Morgan fingerprint density at radius 2 is 1.69 bits per heavy atom. The molecule has 2 N–H and O–H groups in total. The summed E-state index contributed by atoms with van der Waals surface area (Å²) in [5, 5.41) is 21.0. The largest absolute Gasteiger partial charge is 0.416 e. The molecule has 0 spiro atoms. The molecule has 1 unspecified atom stereocenters. The van der Waals surface area contributed by atoms with Crippen LogP contribution in [0, 0.1) is 0 Å². The standard InChI is InChI=1S/C20H27F3N2O3S/c21-20(22,23)16-3-1-14(2-4-16)15-5-9-24(10-6-15)13-17(26)19(28)7-11-25(12-8-19)18(27)29/h1-4,15,17,26,28H,5-13H2,(H,27,29). The van der Waals surface area contributed by atoms with Crippen LogP contribution < -0.4 is 0 Å². The number of hydrogen-bond acceptors (Lipinski definition) is 4. The number of aliphatic hydroxyl groups is 2. The number of hydrogen-bond donors (Lipinski definition) is 3. The van der Waals surface area contributed by atoms with Crippen molar-refractivity contribution >= 4 is 17.9 Å². The molecule has 3 rings (SSSR count). The maximum Gasteiger partial charge on any atom is 0.416 e. The van der Waals surface area contributed by atoms with Gasteiger partial charge < -0.3 is 20.0 Å². The Morgan fingerprint density at radius 3 is 2.17 bits per heavy atom. The number of β-amino-alcohol motifs (C(OH)–C–C–N with tert-alkyl or cyclic N) is 1. The smallest absolute Gasteiger partial charge is 0.389 e. The van der Waals surface area contributed by atoms with Gasteiger partial charge in [0.1, 0.15) is 0 Å². The number of piperidine rings is 2. The Morgan fingerprint density at radius 1 is 1.14 bits per heavy atom. The van der Waals surface area contributed by atoms with Crippen LogP contribution in [0.25, 0.3) is 0 Å². The Hall–Kier alpha value is -1.29. The van der Waals surface area contributed by atoms with Gasteiger partial charge in [-0.25, -0.2) is 0 Å². The minimum atomic E-state index is -4.32. The first-order valence-corrected chi connectivity index (χ1v) is 10.3. The Balaban J connectivity index is 1.49. The molecule has 2 heterocycles. The molecule has 29 heavy (non-hydrogen) atoms. The van der Waals surface area contributed by atoms with Crippen LogP contribution in [0.5, 0.6) is 0 Å². The molecule has 2 aliphatic heterocycles. The van der Waals surface area contributed by atoms with Gasteiger partial charge in [0.2, 0.25) is 0 Å². The van der Waals surface area contributed by atoms with Gasteiger partial charge in [0.25, 0.3) is 5.24 Å². The van der Waals surface area contributed by atoms with Crippen LogP contribution in [0.3, 0.4) is 0 Å². The van der Waals surface area contributed by atoms with Crippen molar-refractivity contribution in [1.82, 2.24) is 9.80 Å². The maximum atomic E-state index is 12.7. The van der Waals surface area contributed by atoms with Crippen molar-refractivity contribution in [3.05, 3.63) is 35.4 Å². The predicted octanol–water partition coefficient (Wildman–Crippen LogP) is 3.12. The third-order valence-electron chi connectivity index (χ3n) is 6.25. The lowest BCUT2D eigenvalue weighted by molar-refractivity contribution is -0.137. The van der Waals surface area contributed by atoms with E-state index in [-0.39, 0.29) is 11.2 Å². The Bertz CT molecular complexity index is 698. The van der Waals surface area contributed by atoms with E-state index in [2.05, 4.69) is 17.5 Å². The van der Waals surface area contributed by atoms with E-state index < -0.39 is 23.4 Å². The van der Waals surface area contributed by atoms with E-state index in [0.29, 0.717) is 45.6 Å². The molecule has 1 aromatic carbocycles. The second-order valence-electron chi connectivity index (χ2n) is 8.08. The molecule has 2 aliphatic rings. The summed E-state index contributed by atoms with van der Waals surface area (Å²) in [6.07, 6.45) is -3.04. The summed E-state index contributed by atoms with van der Waals surface area (Å²) < 4.78 is 38.1. The zero-order chi connectivity index (χ0) is 21.2. The molecular formula is C20H27F3N2O3S. The minimum Gasteiger partial charge on any atom is -0.389 e. The summed E-state index contributed by atoms with van der Waals surface area (Å²) in [7, 11) is 0. The lowest BCUT2D eigenvalue weighted by Crippen LogP contribution is -2.55. The number of likely N-dealkylation sites (tertiary alicyclic amines) is 2. The quantitative estimate of drug-likeness (QED) is 0.640. The number of rotatable bonds is 4. The van der Waals surface area contributed by atoms with E-state index in [1.807, 2.05) is 0 Å². The summed E-state index contributed by atoms with van der Waals surface area (Å²) in [4.78, 5) is 14.9. The van der Waals surface area contributed by atoms with E-state index in [9.17, 15) is 28.2 Å². The van der Waals surface area contributed by atoms with Gasteiger partial charge >= 0.3 is 6.18 Å². The van der Waals surface area contributed by atoms with Crippen LogP contribution in [0.1, 0.15) is 42.7 Å². The average Bonchev–Trinajstić information content (AvgIpc) is 2.68. The van der Waals surface area contributed by atoms with Crippen molar-refractivity contribution in [3.63, 3.8) is 0 Å². The van der Waals surface area contributed by atoms with Crippen LogP contribution in [0.15, 0.2) is 24.3 Å². The summed E-state index contributed by atoms with van der Waals surface area (Å²) in [6, 6.07) is 5.36. The molecule has 1 amide bonds. The number of nitrogens with zero attached hydrogens (tertiary/aromatic N) is 2. The van der Waals surface area contributed by atoms with Crippen molar-refractivity contribution in [1.29, 1.82) is 0 Å². The first-order chi connectivity index (χ1) is 13.6. The zero-order valence-electron chi connectivity index (χ0n) is 16.1. The van der Waals surface area contributed by atoms with Gasteiger partial charge in [-0.3, -0.25) is 4.79 Å². The molecule has 1 aromatic rings. The van der Waals surface area contributed by atoms with Crippen LogP contribution in [-0.4, -0.2) is 69.7 Å². The highest BCUT2D eigenvalue weighted by atomic mass is 32.1. The molecule has 0 aliphatic carbocycles. The van der Waals surface area contributed by atoms with Gasteiger partial charge in [-0.05, 0) is 62.4 Å². The molecule has 2 fully saturated rings. The number of aliphatic hydroxyl groups excluding tert-OH is 1. The fourth-order valence-corrected chi connectivity index (χ4v) is 4.43. The lowest BCUT2D eigenvalue weighted by Gasteiger charge is -2.42. The third kappa shape index (κ3) is 5.45. The number of amides is 1. The number of halogens is 3. The van der Waals surface area contributed by atoms with E-state index in [1.54, 1.807) is 17.0 Å². The molecule has 9 heteroatoms. The van der Waals surface area contributed by atoms with E-state index >= 15 is 0 Å². The first kappa shape index (κ1) is 22.4. The third-order valence-corrected chi connectivity index (χ3v) is 6.53. The van der Waals surface area contributed by atoms with Crippen LogP contribution >= 0.6 is 12.6 Å². The topological polar surface area (TPSA) is 64.0 Å². The Kier molecular flexibility index (Phi) is 6.82. The summed E-state index contributed by atoms with van der Waals surface area (Å²) in [6.45, 7) is 2.49. The van der Waals surface area contributed by atoms with Gasteiger partial charge in [0, 0.05) is 19.6 Å².